The van der Waals surface area contributed by atoms with Gasteiger partial charge in [0.1, 0.15) is 11.5 Å². The summed E-state index contributed by atoms with van der Waals surface area (Å²) in [5.74, 6) is -0.397. The maximum atomic E-state index is 14.2. The number of nitrogens with zero attached hydrogens (tertiary/aromatic N) is 2. The number of anilines is 1. The Kier molecular flexibility index (Phi) is 4.50. The molecule has 4 N–H and O–H groups in total. The van der Waals surface area contributed by atoms with Gasteiger partial charge in [0.15, 0.2) is 0 Å². The highest BCUT2D eigenvalue weighted by molar-refractivity contribution is 5.91. The van der Waals surface area contributed by atoms with Gasteiger partial charge >= 0.3 is 0 Å². The van der Waals surface area contributed by atoms with E-state index in [4.69, 9.17) is 0 Å². The number of pyridine rings is 1. The summed E-state index contributed by atoms with van der Waals surface area (Å²) in [4.78, 5) is 22.6. The molecule has 1 aromatic carbocycles. The Labute approximate surface area is 135 Å². The third-order valence-corrected chi connectivity index (χ3v) is 3.49. The van der Waals surface area contributed by atoms with Crippen LogP contribution in [0, 0.1) is 5.82 Å². The molecule has 3 aromatic rings. The Morgan fingerprint density at radius 1 is 1.12 bits per heavy atom. The van der Waals surface area contributed by atoms with Crippen LogP contribution in [-0.4, -0.2) is 44.4 Å². The van der Waals surface area contributed by atoms with Crippen molar-refractivity contribution in [3.05, 3.63) is 52.6 Å². The van der Waals surface area contributed by atoms with Crippen molar-refractivity contribution < 1.29 is 14.6 Å². The molecule has 24 heavy (non-hydrogen) atoms. The van der Waals surface area contributed by atoms with Gasteiger partial charge in [-0.05, 0) is 18.2 Å². The van der Waals surface area contributed by atoms with E-state index in [1.165, 1.54) is 18.2 Å². The highest BCUT2D eigenvalue weighted by Gasteiger charge is 2.15. The molecular weight excluding hydrogens is 315 g/mol. The average molecular weight is 330 g/mol. The van der Waals surface area contributed by atoms with E-state index in [9.17, 15) is 19.4 Å². The fourth-order valence-corrected chi connectivity index (χ4v) is 2.29. The van der Waals surface area contributed by atoms with E-state index in [2.05, 4.69) is 20.3 Å². The van der Waals surface area contributed by atoms with Gasteiger partial charge in [-0.15, -0.1) is 0 Å². The Morgan fingerprint density at radius 3 is 2.58 bits per heavy atom. The summed E-state index contributed by atoms with van der Waals surface area (Å²) >= 11 is 0. The first-order valence-corrected chi connectivity index (χ1v) is 7.26. The van der Waals surface area contributed by atoms with Gasteiger partial charge in [-0.3, -0.25) is 4.79 Å². The summed E-state index contributed by atoms with van der Waals surface area (Å²) in [6.07, 6.45) is 0. The van der Waals surface area contributed by atoms with Crippen LogP contribution in [-0.2, 0) is 0 Å². The second-order valence-corrected chi connectivity index (χ2v) is 5.17. The van der Waals surface area contributed by atoms with Gasteiger partial charge in [0.25, 0.3) is 0 Å². The average Bonchev–Trinajstić information content (AvgIpc) is 2.59. The minimum absolute atomic E-state index is 0.0655. The molecule has 2 heterocycles. The number of halogens is 1. The molecule has 0 fully saturated rings. The zero-order valence-corrected chi connectivity index (χ0v) is 12.5. The van der Waals surface area contributed by atoms with Crippen LogP contribution >= 0.6 is 0 Å². The summed E-state index contributed by atoms with van der Waals surface area (Å²) in [6.45, 7) is -0.670. The van der Waals surface area contributed by atoms with Crippen LogP contribution in [0.5, 0.6) is 0 Å². The highest BCUT2D eigenvalue weighted by Crippen LogP contribution is 2.27. The summed E-state index contributed by atoms with van der Waals surface area (Å²) in [5.41, 5.74) is 0.427. The largest absolute Gasteiger partial charge is 0.394 e. The number of aromatic nitrogens is 3. The molecule has 0 atom stereocenters. The first-order chi connectivity index (χ1) is 11.6. The van der Waals surface area contributed by atoms with Gasteiger partial charge < -0.3 is 20.5 Å². The SMILES string of the molecule is O=c1ccc2c(-c3ccccc3F)nc(NC(CO)CO)nc2[nH]1. The number of fused-ring (bicyclic) bond motifs is 1. The normalized spacial score (nSPS) is 11.2. The molecule has 0 radical (unpaired) electrons. The molecule has 0 saturated heterocycles. The lowest BCUT2D eigenvalue weighted by molar-refractivity contribution is 0.203. The number of hydrogen-bond acceptors (Lipinski definition) is 6. The number of rotatable bonds is 5. The van der Waals surface area contributed by atoms with Crippen molar-refractivity contribution in [3.63, 3.8) is 0 Å². The summed E-state index contributed by atoms with van der Waals surface area (Å²) in [7, 11) is 0. The Bertz CT molecular complexity index is 925. The molecule has 8 heteroatoms. The van der Waals surface area contributed by atoms with Gasteiger partial charge in [0.05, 0.1) is 24.9 Å². The molecule has 0 amide bonds. The van der Waals surface area contributed by atoms with Gasteiger partial charge in [0, 0.05) is 17.0 Å². The Morgan fingerprint density at radius 2 is 1.88 bits per heavy atom. The zero-order valence-electron chi connectivity index (χ0n) is 12.5. The second-order valence-electron chi connectivity index (χ2n) is 5.17. The first-order valence-electron chi connectivity index (χ1n) is 7.26. The second kappa shape index (κ2) is 6.73. The molecule has 3 rings (SSSR count). The summed E-state index contributed by atoms with van der Waals surface area (Å²) in [5, 5.41) is 21.6. The van der Waals surface area contributed by atoms with Crippen LogP contribution in [0.4, 0.5) is 10.3 Å². The minimum Gasteiger partial charge on any atom is -0.394 e. The maximum Gasteiger partial charge on any atom is 0.249 e. The van der Waals surface area contributed by atoms with Crippen molar-refractivity contribution in [2.45, 2.75) is 6.04 Å². The van der Waals surface area contributed by atoms with Gasteiger partial charge in [-0.25, -0.2) is 9.37 Å². The van der Waals surface area contributed by atoms with Crippen molar-refractivity contribution in [3.8, 4) is 11.3 Å². The van der Waals surface area contributed by atoms with Crippen molar-refractivity contribution >= 4 is 17.0 Å². The summed E-state index contributed by atoms with van der Waals surface area (Å²) in [6, 6.07) is 8.29. The van der Waals surface area contributed by atoms with E-state index in [0.29, 0.717) is 11.1 Å². The quantitative estimate of drug-likeness (QED) is 0.553. The molecule has 0 aliphatic carbocycles. The molecule has 2 aromatic heterocycles. The standard InChI is InChI=1S/C16H15FN4O3/c17-12-4-2-1-3-10(12)14-11-5-6-13(24)19-15(11)21-16(20-14)18-9(7-22)8-23/h1-6,9,22-23H,7-8H2,(H2,18,19,20,21,24). The number of nitrogens with one attached hydrogen (secondary N) is 2. The molecule has 0 saturated carbocycles. The van der Waals surface area contributed by atoms with Crippen LogP contribution in [0.25, 0.3) is 22.3 Å². The van der Waals surface area contributed by atoms with Gasteiger partial charge in [-0.2, -0.15) is 4.98 Å². The van der Waals surface area contributed by atoms with Crippen molar-refractivity contribution in [1.29, 1.82) is 0 Å². The van der Waals surface area contributed by atoms with E-state index in [-0.39, 0.29) is 35.9 Å². The van der Waals surface area contributed by atoms with Crippen molar-refractivity contribution in [2.75, 3.05) is 18.5 Å². The number of aliphatic hydroxyl groups excluding tert-OH is 2. The fraction of sp³-hybridized carbons (Fsp3) is 0.188. The molecular formula is C16H15FN4O3. The molecule has 0 spiro atoms. The lowest BCUT2D eigenvalue weighted by Gasteiger charge is -2.15. The first kappa shape index (κ1) is 16.0. The fourth-order valence-electron chi connectivity index (χ4n) is 2.29. The maximum absolute atomic E-state index is 14.2. The minimum atomic E-state index is -0.675. The molecule has 0 aliphatic heterocycles. The van der Waals surface area contributed by atoms with Crippen molar-refractivity contribution in [2.24, 2.45) is 0 Å². The third-order valence-electron chi connectivity index (χ3n) is 3.49. The van der Waals surface area contributed by atoms with E-state index >= 15 is 0 Å². The predicted octanol–water partition coefficient (Wildman–Crippen LogP) is 0.889. The number of H-pyrrole nitrogens is 1. The van der Waals surface area contributed by atoms with Crippen LogP contribution in [0.3, 0.4) is 0 Å². The van der Waals surface area contributed by atoms with Gasteiger partial charge in [0.2, 0.25) is 11.5 Å². The van der Waals surface area contributed by atoms with Gasteiger partial charge in [-0.1, -0.05) is 12.1 Å². The number of aromatic amines is 1. The molecule has 7 nitrogen and oxygen atoms in total. The Balaban J connectivity index is 2.22. The highest BCUT2D eigenvalue weighted by atomic mass is 19.1. The molecule has 0 unspecified atom stereocenters. The van der Waals surface area contributed by atoms with Crippen molar-refractivity contribution in [1.82, 2.24) is 15.0 Å². The Hall–Kier alpha value is -2.84. The smallest absolute Gasteiger partial charge is 0.249 e. The van der Waals surface area contributed by atoms with Crippen LogP contribution < -0.4 is 10.9 Å². The number of benzene rings is 1. The molecule has 0 aliphatic rings. The van der Waals surface area contributed by atoms with Crippen LogP contribution in [0.15, 0.2) is 41.2 Å². The van der Waals surface area contributed by atoms with E-state index in [1.54, 1.807) is 18.2 Å². The lowest BCUT2D eigenvalue weighted by Crippen LogP contribution is -2.28. The molecule has 0 bridgehead atoms. The van der Waals surface area contributed by atoms with Crippen LogP contribution in [0.1, 0.15) is 0 Å². The monoisotopic (exact) mass is 330 g/mol. The number of aliphatic hydroxyl groups is 2. The zero-order chi connectivity index (χ0) is 17.1. The third kappa shape index (κ3) is 3.10. The summed E-state index contributed by atoms with van der Waals surface area (Å²) < 4.78 is 14.2. The number of hydrogen-bond donors (Lipinski definition) is 4. The van der Waals surface area contributed by atoms with E-state index in [1.807, 2.05) is 0 Å². The predicted molar refractivity (Wildman–Crippen MR) is 87.1 cm³/mol. The van der Waals surface area contributed by atoms with E-state index in [0.717, 1.165) is 0 Å². The lowest BCUT2D eigenvalue weighted by atomic mass is 10.1. The van der Waals surface area contributed by atoms with Crippen LogP contribution in [0.2, 0.25) is 0 Å². The molecule has 124 valence electrons. The topological polar surface area (TPSA) is 111 Å². The van der Waals surface area contributed by atoms with E-state index < -0.39 is 11.9 Å².